The zero-order valence-electron chi connectivity index (χ0n) is 15.1. The average Bonchev–Trinajstić information content (AvgIpc) is 3.34. The van der Waals surface area contributed by atoms with Crippen molar-refractivity contribution in [3.8, 4) is 11.1 Å². The van der Waals surface area contributed by atoms with E-state index in [9.17, 15) is 4.79 Å². The highest BCUT2D eigenvalue weighted by Crippen LogP contribution is 2.31. The van der Waals surface area contributed by atoms with Gasteiger partial charge in [0.25, 0.3) is 5.91 Å². The third kappa shape index (κ3) is 2.67. The van der Waals surface area contributed by atoms with Crippen molar-refractivity contribution in [2.75, 3.05) is 26.2 Å². The Hall–Kier alpha value is -3.19. The molecule has 4 aromatic rings. The zero-order valence-corrected chi connectivity index (χ0v) is 15.1. The molecule has 0 saturated carbocycles. The largest absolute Gasteiger partial charge is 0.345 e. The van der Waals surface area contributed by atoms with Crippen molar-refractivity contribution < 1.29 is 4.79 Å². The maximum atomic E-state index is 13.1. The molecule has 1 aliphatic heterocycles. The number of rotatable bonds is 2. The zero-order chi connectivity index (χ0) is 18.4. The average molecular weight is 360 g/mol. The number of piperazine rings is 1. The summed E-state index contributed by atoms with van der Waals surface area (Å²) in [4.78, 5) is 22.7. The first-order valence-electron chi connectivity index (χ1n) is 9.09. The molecule has 5 rings (SSSR count). The van der Waals surface area contributed by atoms with Gasteiger partial charge in [-0.2, -0.15) is 5.10 Å². The summed E-state index contributed by atoms with van der Waals surface area (Å²) in [5, 5.41) is 10.5. The number of aryl methyl sites for hydroxylation is 1. The lowest BCUT2D eigenvalue weighted by atomic mass is 10.0. The van der Waals surface area contributed by atoms with Gasteiger partial charge in [-0.25, -0.2) is 4.98 Å². The number of aromatic nitrogens is 4. The van der Waals surface area contributed by atoms with Crippen LogP contribution in [0.5, 0.6) is 0 Å². The van der Waals surface area contributed by atoms with Gasteiger partial charge in [0, 0.05) is 68.2 Å². The van der Waals surface area contributed by atoms with Crippen LogP contribution in [-0.2, 0) is 7.05 Å². The summed E-state index contributed by atoms with van der Waals surface area (Å²) in [7, 11) is 1.91. The smallest absolute Gasteiger partial charge is 0.256 e. The van der Waals surface area contributed by atoms with Crippen LogP contribution >= 0.6 is 0 Å². The Balaban J connectivity index is 1.68. The fraction of sp³-hybridized carbons (Fsp3) is 0.250. The number of nitrogens with one attached hydrogen (secondary N) is 2. The molecule has 0 unspecified atom stereocenters. The van der Waals surface area contributed by atoms with Gasteiger partial charge in [-0.1, -0.05) is 12.1 Å². The lowest BCUT2D eigenvalue weighted by Crippen LogP contribution is -2.46. The van der Waals surface area contributed by atoms with Crippen LogP contribution in [0.1, 0.15) is 10.4 Å². The molecule has 1 saturated heterocycles. The third-order valence-electron chi connectivity index (χ3n) is 5.19. The van der Waals surface area contributed by atoms with Crippen LogP contribution in [0.4, 0.5) is 0 Å². The number of amides is 1. The number of aromatic amines is 1. The van der Waals surface area contributed by atoms with Gasteiger partial charge in [0.15, 0.2) is 0 Å². The van der Waals surface area contributed by atoms with E-state index in [0.29, 0.717) is 5.56 Å². The number of carbonyl (C=O) groups excluding carboxylic acids is 1. The van der Waals surface area contributed by atoms with E-state index in [1.54, 1.807) is 10.9 Å². The van der Waals surface area contributed by atoms with E-state index in [-0.39, 0.29) is 5.91 Å². The SMILES string of the molecule is Cn1cc(-c2ccc3cnc4[nH]cc(C(=O)N5CCNCC5)c4c3c2)cn1. The van der Waals surface area contributed by atoms with E-state index in [1.807, 2.05) is 30.5 Å². The molecule has 3 aromatic heterocycles. The second-order valence-electron chi connectivity index (χ2n) is 6.93. The van der Waals surface area contributed by atoms with Crippen LogP contribution in [0, 0.1) is 0 Å². The Morgan fingerprint density at radius 3 is 2.78 bits per heavy atom. The Labute approximate surface area is 156 Å². The number of H-pyrrole nitrogens is 1. The van der Waals surface area contributed by atoms with Crippen LogP contribution in [0.15, 0.2) is 43.0 Å². The molecule has 0 atom stereocenters. The number of hydrogen-bond donors (Lipinski definition) is 2. The fourth-order valence-corrected chi connectivity index (χ4v) is 3.76. The second kappa shape index (κ2) is 6.21. The van der Waals surface area contributed by atoms with Crippen LogP contribution in [0.3, 0.4) is 0 Å². The Bertz CT molecular complexity index is 1150. The molecule has 0 bridgehead atoms. The topological polar surface area (TPSA) is 78.8 Å². The molecular weight excluding hydrogens is 340 g/mol. The summed E-state index contributed by atoms with van der Waals surface area (Å²) in [6.45, 7) is 3.12. The first-order valence-corrected chi connectivity index (χ1v) is 9.09. The van der Waals surface area contributed by atoms with Gasteiger partial charge in [0.05, 0.1) is 11.8 Å². The number of fused-ring (bicyclic) bond motifs is 3. The first kappa shape index (κ1) is 16.0. The molecule has 1 fully saturated rings. The molecule has 4 heterocycles. The number of hydrogen-bond acceptors (Lipinski definition) is 4. The van der Waals surface area contributed by atoms with Crippen molar-refractivity contribution in [1.82, 2.24) is 30.0 Å². The fourth-order valence-electron chi connectivity index (χ4n) is 3.76. The minimum atomic E-state index is 0.0591. The molecule has 7 heteroatoms. The number of carbonyl (C=O) groups is 1. The normalized spacial score (nSPS) is 14.9. The molecular formula is C20H20N6O. The highest BCUT2D eigenvalue weighted by molar-refractivity contribution is 6.16. The highest BCUT2D eigenvalue weighted by Gasteiger charge is 2.22. The summed E-state index contributed by atoms with van der Waals surface area (Å²) in [5.74, 6) is 0.0591. The van der Waals surface area contributed by atoms with Gasteiger partial charge < -0.3 is 15.2 Å². The highest BCUT2D eigenvalue weighted by atomic mass is 16.2. The lowest BCUT2D eigenvalue weighted by molar-refractivity contribution is 0.0738. The summed E-state index contributed by atoms with van der Waals surface area (Å²) in [6.07, 6.45) is 7.48. The Morgan fingerprint density at radius 1 is 1.15 bits per heavy atom. The molecule has 0 aliphatic carbocycles. The molecule has 7 nitrogen and oxygen atoms in total. The predicted molar refractivity (Wildman–Crippen MR) is 105 cm³/mol. The van der Waals surface area contributed by atoms with Gasteiger partial charge in [0.2, 0.25) is 0 Å². The quantitative estimate of drug-likeness (QED) is 0.574. The summed E-state index contributed by atoms with van der Waals surface area (Å²) >= 11 is 0. The Kier molecular flexibility index (Phi) is 3.68. The van der Waals surface area contributed by atoms with Gasteiger partial charge in [0.1, 0.15) is 5.65 Å². The number of benzene rings is 1. The van der Waals surface area contributed by atoms with Crippen molar-refractivity contribution >= 4 is 27.7 Å². The van der Waals surface area contributed by atoms with Crippen molar-refractivity contribution in [2.24, 2.45) is 7.05 Å². The standard InChI is InChI=1S/C20H20N6O/c1-25-12-15(10-24-25)13-2-3-14-9-22-19-18(16(14)8-13)17(11-23-19)20(27)26-6-4-21-5-7-26/h2-3,8-12,21H,4-7H2,1H3,(H,22,23). The Morgan fingerprint density at radius 2 is 2.00 bits per heavy atom. The minimum absolute atomic E-state index is 0.0591. The van der Waals surface area contributed by atoms with Crippen molar-refractivity contribution in [2.45, 2.75) is 0 Å². The molecule has 0 spiro atoms. The molecule has 1 amide bonds. The number of pyridine rings is 1. The third-order valence-corrected chi connectivity index (χ3v) is 5.19. The molecule has 27 heavy (non-hydrogen) atoms. The summed E-state index contributed by atoms with van der Waals surface area (Å²) in [5.41, 5.74) is 3.55. The molecule has 136 valence electrons. The predicted octanol–water partition coefficient (Wildman–Crippen LogP) is 2.16. The van der Waals surface area contributed by atoms with E-state index >= 15 is 0 Å². The van der Waals surface area contributed by atoms with E-state index in [0.717, 1.165) is 59.1 Å². The van der Waals surface area contributed by atoms with Crippen molar-refractivity contribution in [1.29, 1.82) is 0 Å². The minimum Gasteiger partial charge on any atom is -0.345 e. The molecule has 1 aliphatic rings. The lowest BCUT2D eigenvalue weighted by Gasteiger charge is -2.27. The van der Waals surface area contributed by atoms with Gasteiger partial charge in [-0.15, -0.1) is 0 Å². The van der Waals surface area contributed by atoms with E-state index < -0.39 is 0 Å². The van der Waals surface area contributed by atoms with Crippen LogP contribution < -0.4 is 5.32 Å². The van der Waals surface area contributed by atoms with Crippen LogP contribution in [0.25, 0.3) is 32.9 Å². The second-order valence-corrected chi connectivity index (χ2v) is 6.93. The maximum Gasteiger partial charge on any atom is 0.256 e. The van der Waals surface area contributed by atoms with Gasteiger partial charge in [-0.3, -0.25) is 9.48 Å². The summed E-state index contributed by atoms with van der Waals surface area (Å²) < 4.78 is 1.79. The van der Waals surface area contributed by atoms with Crippen LogP contribution in [0.2, 0.25) is 0 Å². The summed E-state index contributed by atoms with van der Waals surface area (Å²) in [6, 6.07) is 6.24. The maximum absolute atomic E-state index is 13.1. The molecule has 1 aromatic carbocycles. The van der Waals surface area contributed by atoms with Crippen molar-refractivity contribution in [3.63, 3.8) is 0 Å². The van der Waals surface area contributed by atoms with Crippen molar-refractivity contribution in [3.05, 3.63) is 48.5 Å². The first-order chi connectivity index (χ1) is 13.2. The van der Waals surface area contributed by atoms with E-state index in [2.05, 4.69) is 38.6 Å². The molecule has 2 N–H and O–H groups in total. The van der Waals surface area contributed by atoms with Gasteiger partial charge in [-0.05, 0) is 17.0 Å². The van der Waals surface area contributed by atoms with E-state index in [1.165, 1.54) is 0 Å². The number of nitrogens with zero attached hydrogens (tertiary/aromatic N) is 4. The molecule has 0 radical (unpaired) electrons. The van der Waals surface area contributed by atoms with Gasteiger partial charge >= 0.3 is 0 Å². The van der Waals surface area contributed by atoms with E-state index in [4.69, 9.17) is 0 Å². The van der Waals surface area contributed by atoms with Crippen LogP contribution in [-0.4, -0.2) is 56.7 Å². The monoisotopic (exact) mass is 360 g/mol.